The maximum Gasteiger partial charge on any atom is 0.335 e. The summed E-state index contributed by atoms with van der Waals surface area (Å²) in [5.74, 6) is -0.183. The number of aromatic carboxylic acids is 1. The SMILES string of the molecule is O=C(O)c1ccc2nc(C3CC3)n(CC(F)F)c2c1. The van der Waals surface area contributed by atoms with Gasteiger partial charge in [-0.15, -0.1) is 0 Å². The molecule has 100 valence electrons. The van der Waals surface area contributed by atoms with Gasteiger partial charge in [-0.25, -0.2) is 18.6 Å². The van der Waals surface area contributed by atoms with Gasteiger partial charge in [0.2, 0.25) is 0 Å². The van der Waals surface area contributed by atoms with Crippen LogP contribution in [0.2, 0.25) is 0 Å². The Kier molecular flexibility index (Phi) is 2.73. The number of hydrogen-bond acceptors (Lipinski definition) is 2. The smallest absolute Gasteiger partial charge is 0.335 e. The average Bonchev–Trinajstić information content (AvgIpc) is 3.13. The number of imidazole rings is 1. The van der Waals surface area contributed by atoms with Crippen LogP contribution in [0.1, 0.15) is 34.9 Å². The summed E-state index contributed by atoms with van der Waals surface area (Å²) in [4.78, 5) is 15.3. The van der Waals surface area contributed by atoms with Crippen molar-refractivity contribution in [1.82, 2.24) is 9.55 Å². The highest BCUT2D eigenvalue weighted by Crippen LogP contribution is 2.40. The largest absolute Gasteiger partial charge is 0.478 e. The van der Waals surface area contributed by atoms with Crippen molar-refractivity contribution in [1.29, 1.82) is 0 Å². The van der Waals surface area contributed by atoms with Gasteiger partial charge in [-0.2, -0.15) is 0 Å². The van der Waals surface area contributed by atoms with Crippen LogP contribution < -0.4 is 0 Å². The first-order valence-electron chi connectivity index (χ1n) is 6.08. The highest BCUT2D eigenvalue weighted by molar-refractivity contribution is 5.92. The van der Waals surface area contributed by atoms with E-state index in [0.717, 1.165) is 12.8 Å². The summed E-state index contributed by atoms with van der Waals surface area (Å²) in [5.41, 5.74) is 1.14. The van der Waals surface area contributed by atoms with Crippen molar-refractivity contribution in [3.63, 3.8) is 0 Å². The van der Waals surface area contributed by atoms with Gasteiger partial charge in [0.25, 0.3) is 6.43 Å². The van der Waals surface area contributed by atoms with Crippen molar-refractivity contribution in [2.75, 3.05) is 0 Å². The minimum atomic E-state index is -2.48. The Labute approximate surface area is 107 Å². The van der Waals surface area contributed by atoms with Crippen molar-refractivity contribution < 1.29 is 18.7 Å². The minimum absolute atomic E-state index is 0.0882. The number of rotatable bonds is 4. The Hall–Kier alpha value is -1.98. The molecule has 1 heterocycles. The van der Waals surface area contributed by atoms with E-state index in [9.17, 15) is 13.6 Å². The molecule has 3 rings (SSSR count). The molecule has 0 bridgehead atoms. The van der Waals surface area contributed by atoms with Crippen LogP contribution in [-0.4, -0.2) is 27.1 Å². The molecule has 1 aromatic carbocycles. The summed E-state index contributed by atoms with van der Waals surface area (Å²) >= 11 is 0. The lowest BCUT2D eigenvalue weighted by atomic mass is 10.2. The van der Waals surface area contributed by atoms with Gasteiger partial charge in [0.15, 0.2) is 0 Å². The van der Waals surface area contributed by atoms with Crippen LogP contribution >= 0.6 is 0 Å². The maximum absolute atomic E-state index is 12.7. The van der Waals surface area contributed by atoms with Crippen molar-refractivity contribution in [2.45, 2.75) is 31.7 Å². The van der Waals surface area contributed by atoms with E-state index >= 15 is 0 Å². The fourth-order valence-corrected chi connectivity index (χ4v) is 2.26. The van der Waals surface area contributed by atoms with E-state index in [1.165, 1.54) is 16.7 Å². The molecule has 0 spiro atoms. The summed E-state index contributed by atoms with van der Waals surface area (Å²) in [7, 11) is 0. The lowest BCUT2D eigenvalue weighted by molar-refractivity contribution is 0.0697. The maximum atomic E-state index is 12.7. The fourth-order valence-electron chi connectivity index (χ4n) is 2.26. The van der Waals surface area contributed by atoms with Crippen LogP contribution in [0.3, 0.4) is 0 Å². The quantitative estimate of drug-likeness (QED) is 0.925. The average molecular weight is 266 g/mol. The third kappa shape index (κ3) is 2.18. The van der Waals surface area contributed by atoms with Gasteiger partial charge in [-0.05, 0) is 31.0 Å². The van der Waals surface area contributed by atoms with Gasteiger partial charge in [0, 0.05) is 5.92 Å². The number of fused-ring (bicyclic) bond motifs is 1. The third-order valence-electron chi connectivity index (χ3n) is 3.29. The van der Waals surface area contributed by atoms with Gasteiger partial charge < -0.3 is 9.67 Å². The second kappa shape index (κ2) is 4.29. The van der Waals surface area contributed by atoms with Crippen LogP contribution in [0.25, 0.3) is 11.0 Å². The van der Waals surface area contributed by atoms with Crippen molar-refractivity contribution in [3.8, 4) is 0 Å². The molecule has 1 N–H and O–H groups in total. The summed E-state index contributed by atoms with van der Waals surface area (Å²) in [6.45, 7) is -0.439. The lowest BCUT2D eigenvalue weighted by Crippen LogP contribution is -2.10. The number of alkyl halides is 2. The molecule has 19 heavy (non-hydrogen) atoms. The van der Waals surface area contributed by atoms with E-state index < -0.39 is 18.9 Å². The van der Waals surface area contributed by atoms with Gasteiger partial charge in [0.1, 0.15) is 5.82 Å². The molecule has 0 aliphatic heterocycles. The fraction of sp³-hybridized carbons (Fsp3) is 0.385. The summed E-state index contributed by atoms with van der Waals surface area (Å²) in [6, 6.07) is 4.44. The first-order chi connectivity index (χ1) is 9.06. The monoisotopic (exact) mass is 266 g/mol. The molecule has 1 aliphatic rings. The predicted molar refractivity (Wildman–Crippen MR) is 64.7 cm³/mol. The van der Waals surface area contributed by atoms with E-state index in [4.69, 9.17) is 5.11 Å². The Morgan fingerprint density at radius 1 is 1.47 bits per heavy atom. The van der Waals surface area contributed by atoms with Crippen molar-refractivity contribution >= 4 is 17.0 Å². The van der Waals surface area contributed by atoms with E-state index in [-0.39, 0.29) is 11.5 Å². The minimum Gasteiger partial charge on any atom is -0.478 e. The topological polar surface area (TPSA) is 55.1 Å². The first-order valence-corrected chi connectivity index (χ1v) is 6.08. The summed E-state index contributed by atoms with van der Waals surface area (Å²) < 4.78 is 26.8. The number of hydrogen-bond donors (Lipinski definition) is 1. The molecule has 0 unspecified atom stereocenters. The molecule has 0 amide bonds. The van der Waals surface area contributed by atoms with Crippen LogP contribution in [0.15, 0.2) is 18.2 Å². The van der Waals surface area contributed by atoms with Gasteiger partial charge in [-0.1, -0.05) is 0 Å². The molecule has 1 fully saturated rings. The first kappa shape index (κ1) is 12.1. The van der Waals surface area contributed by atoms with E-state index in [0.29, 0.717) is 16.9 Å². The Bertz CT molecular complexity index is 647. The summed E-state index contributed by atoms with van der Waals surface area (Å²) in [5, 5.41) is 8.97. The van der Waals surface area contributed by atoms with E-state index in [2.05, 4.69) is 4.98 Å². The van der Waals surface area contributed by atoms with Crippen molar-refractivity contribution in [2.24, 2.45) is 0 Å². The van der Waals surface area contributed by atoms with Gasteiger partial charge in [-0.3, -0.25) is 0 Å². The Balaban J connectivity index is 2.17. The molecular formula is C13H12F2N2O2. The molecule has 1 aliphatic carbocycles. The molecule has 0 radical (unpaired) electrons. The van der Waals surface area contributed by atoms with E-state index in [1.807, 2.05) is 0 Å². The highest BCUT2D eigenvalue weighted by atomic mass is 19.3. The number of carboxylic acids is 1. The zero-order valence-corrected chi connectivity index (χ0v) is 10.0. The number of benzene rings is 1. The van der Waals surface area contributed by atoms with E-state index in [1.54, 1.807) is 6.07 Å². The Morgan fingerprint density at radius 2 is 2.21 bits per heavy atom. The molecule has 4 nitrogen and oxygen atoms in total. The molecular weight excluding hydrogens is 254 g/mol. The molecule has 2 aromatic rings. The van der Waals surface area contributed by atoms with Gasteiger partial charge in [0.05, 0.1) is 23.1 Å². The third-order valence-corrected chi connectivity index (χ3v) is 3.29. The number of nitrogens with zero attached hydrogens (tertiary/aromatic N) is 2. The molecule has 1 saturated carbocycles. The number of aromatic nitrogens is 2. The molecule has 0 saturated heterocycles. The van der Waals surface area contributed by atoms with Crippen molar-refractivity contribution in [3.05, 3.63) is 29.6 Å². The summed E-state index contributed by atoms with van der Waals surface area (Å²) in [6.07, 6.45) is -0.570. The van der Waals surface area contributed by atoms with Crippen LogP contribution in [0.4, 0.5) is 8.78 Å². The number of halogens is 2. The normalized spacial score (nSPS) is 15.3. The number of carboxylic acid groups (broad SMARTS) is 1. The second-order valence-corrected chi connectivity index (χ2v) is 4.75. The lowest BCUT2D eigenvalue weighted by Gasteiger charge is -2.07. The zero-order chi connectivity index (χ0) is 13.6. The Morgan fingerprint density at radius 3 is 2.79 bits per heavy atom. The zero-order valence-electron chi connectivity index (χ0n) is 10.0. The standard InChI is InChI=1S/C13H12F2N2O2/c14-11(15)6-17-10-5-8(13(18)19)3-4-9(10)16-12(17)7-1-2-7/h3-5,7,11H,1-2,6H2,(H,18,19). The van der Waals surface area contributed by atoms with Crippen LogP contribution in [0, 0.1) is 0 Å². The molecule has 6 heteroatoms. The van der Waals surface area contributed by atoms with Gasteiger partial charge >= 0.3 is 5.97 Å². The van der Waals surface area contributed by atoms with Crippen LogP contribution in [0.5, 0.6) is 0 Å². The molecule has 1 aromatic heterocycles. The highest BCUT2D eigenvalue weighted by Gasteiger charge is 2.30. The molecule has 0 atom stereocenters. The predicted octanol–water partition coefficient (Wildman–Crippen LogP) is 2.88. The van der Waals surface area contributed by atoms with Crippen LogP contribution in [-0.2, 0) is 6.54 Å². The second-order valence-electron chi connectivity index (χ2n) is 4.75. The number of carbonyl (C=O) groups is 1.